The first-order chi connectivity index (χ1) is 7.33. The number of hydrogen-bond donors (Lipinski definition) is 1. The first-order valence-corrected chi connectivity index (χ1v) is 6.27. The van der Waals surface area contributed by atoms with Crippen LogP contribution in [0.2, 0.25) is 0 Å². The lowest BCUT2D eigenvalue weighted by Crippen LogP contribution is -2.33. The van der Waals surface area contributed by atoms with Crippen molar-refractivity contribution in [2.45, 2.75) is 51.7 Å². The molecule has 0 saturated carbocycles. The van der Waals surface area contributed by atoms with Crippen LogP contribution in [0.3, 0.4) is 0 Å². The highest BCUT2D eigenvalue weighted by Gasteiger charge is 2.16. The molecular formula is C12H25NO2. The molecule has 1 aliphatic heterocycles. The maximum Gasteiger partial charge on any atom is 0.0675 e. The van der Waals surface area contributed by atoms with E-state index in [1.165, 1.54) is 12.8 Å². The molecule has 1 atom stereocenters. The monoisotopic (exact) mass is 215 g/mol. The van der Waals surface area contributed by atoms with Crippen LogP contribution in [-0.4, -0.2) is 38.5 Å². The molecule has 0 spiro atoms. The minimum absolute atomic E-state index is 0.324. The lowest BCUT2D eigenvalue weighted by atomic mass is 10.1. The Bertz CT molecular complexity index is 147. The third-order valence-corrected chi connectivity index (χ3v) is 2.73. The average Bonchev–Trinajstić information content (AvgIpc) is 2.26. The predicted octanol–water partition coefficient (Wildman–Crippen LogP) is 1.96. The Hall–Kier alpha value is -0.120. The summed E-state index contributed by atoms with van der Waals surface area (Å²) in [6.07, 6.45) is 5.36. The van der Waals surface area contributed by atoms with Gasteiger partial charge in [-0.15, -0.1) is 0 Å². The van der Waals surface area contributed by atoms with Crippen molar-refractivity contribution < 1.29 is 9.47 Å². The van der Waals surface area contributed by atoms with Crippen molar-refractivity contribution in [2.24, 2.45) is 0 Å². The fourth-order valence-corrected chi connectivity index (χ4v) is 1.80. The molecular weight excluding hydrogens is 190 g/mol. The zero-order valence-corrected chi connectivity index (χ0v) is 10.1. The molecule has 0 amide bonds. The first-order valence-electron chi connectivity index (χ1n) is 6.27. The topological polar surface area (TPSA) is 30.5 Å². The lowest BCUT2D eigenvalue weighted by Gasteiger charge is -2.26. The number of nitrogens with one attached hydrogen (secondary N) is 1. The van der Waals surface area contributed by atoms with Crippen molar-refractivity contribution in [1.29, 1.82) is 0 Å². The van der Waals surface area contributed by atoms with Gasteiger partial charge in [-0.25, -0.2) is 0 Å². The average molecular weight is 215 g/mol. The largest absolute Gasteiger partial charge is 0.381 e. The second-order valence-electron chi connectivity index (χ2n) is 4.32. The van der Waals surface area contributed by atoms with Crippen LogP contribution in [0.5, 0.6) is 0 Å². The lowest BCUT2D eigenvalue weighted by molar-refractivity contribution is -0.0612. The summed E-state index contributed by atoms with van der Waals surface area (Å²) in [5.74, 6) is 0. The number of unbranched alkanes of at least 4 members (excludes halogenated alkanes) is 1. The number of hydrogen-bond acceptors (Lipinski definition) is 3. The second kappa shape index (κ2) is 8.08. The molecule has 1 aliphatic rings. The highest BCUT2D eigenvalue weighted by Crippen LogP contribution is 2.12. The van der Waals surface area contributed by atoms with Crippen molar-refractivity contribution in [3.8, 4) is 0 Å². The van der Waals surface area contributed by atoms with Gasteiger partial charge in [-0.05, 0) is 32.7 Å². The molecule has 1 saturated heterocycles. The molecule has 0 bridgehead atoms. The molecule has 1 heterocycles. The van der Waals surface area contributed by atoms with Crippen LogP contribution in [0.4, 0.5) is 0 Å². The van der Waals surface area contributed by atoms with Crippen molar-refractivity contribution in [3.63, 3.8) is 0 Å². The van der Waals surface area contributed by atoms with Crippen molar-refractivity contribution in [2.75, 3.05) is 26.3 Å². The Balaban J connectivity index is 1.98. The van der Waals surface area contributed by atoms with Crippen molar-refractivity contribution in [1.82, 2.24) is 5.32 Å². The smallest absolute Gasteiger partial charge is 0.0675 e. The highest BCUT2D eigenvalue weighted by atomic mass is 16.5. The summed E-state index contributed by atoms with van der Waals surface area (Å²) in [5, 5.41) is 3.42. The molecule has 0 radical (unpaired) electrons. The van der Waals surface area contributed by atoms with E-state index < -0.39 is 0 Å². The summed E-state index contributed by atoms with van der Waals surface area (Å²) in [5.41, 5.74) is 0. The standard InChI is InChI=1S/C12H25NO2/c1-3-4-7-13-10-11(2)15-12-5-8-14-9-6-12/h11-13H,3-10H2,1-2H3. The number of rotatable bonds is 7. The van der Waals surface area contributed by atoms with Gasteiger partial charge in [-0.1, -0.05) is 13.3 Å². The summed E-state index contributed by atoms with van der Waals surface area (Å²) < 4.78 is 11.2. The zero-order chi connectivity index (χ0) is 10.9. The summed E-state index contributed by atoms with van der Waals surface area (Å²) >= 11 is 0. The minimum atomic E-state index is 0.324. The van der Waals surface area contributed by atoms with Gasteiger partial charge in [0, 0.05) is 19.8 Å². The van der Waals surface area contributed by atoms with Gasteiger partial charge >= 0.3 is 0 Å². The van der Waals surface area contributed by atoms with Gasteiger partial charge in [0.05, 0.1) is 12.2 Å². The normalized spacial score (nSPS) is 20.4. The van der Waals surface area contributed by atoms with Gasteiger partial charge in [0.15, 0.2) is 0 Å². The van der Waals surface area contributed by atoms with Crippen LogP contribution in [0, 0.1) is 0 Å². The maximum atomic E-state index is 5.93. The quantitative estimate of drug-likeness (QED) is 0.659. The van der Waals surface area contributed by atoms with Crippen molar-refractivity contribution >= 4 is 0 Å². The van der Waals surface area contributed by atoms with E-state index in [0.29, 0.717) is 12.2 Å². The highest BCUT2D eigenvalue weighted by molar-refractivity contribution is 4.65. The van der Waals surface area contributed by atoms with E-state index in [-0.39, 0.29) is 0 Å². The van der Waals surface area contributed by atoms with Crippen LogP contribution in [0.15, 0.2) is 0 Å². The molecule has 0 aromatic rings. The van der Waals surface area contributed by atoms with E-state index in [1.54, 1.807) is 0 Å². The molecule has 3 nitrogen and oxygen atoms in total. The van der Waals surface area contributed by atoms with E-state index in [4.69, 9.17) is 9.47 Å². The Morgan fingerprint density at radius 2 is 2.13 bits per heavy atom. The molecule has 1 rings (SSSR count). The summed E-state index contributed by atoms with van der Waals surface area (Å²) in [6, 6.07) is 0. The third kappa shape index (κ3) is 6.13. The van der Waals surface area contributed by atoms with Crippen molar-refractivity contribution in [3.05, 3.63) is 0 Å². The van der Waals surface area contributed by atoms with E-state index in [2.05, 4.69) is 19.2 Å². The zero-order valence-electron chi connectivity index (χ0n) is 10.1. The Labute approximate surface area is 93.5 Å². The first kappa shape index (κ1) is 12.9. The predicted molar refractivity (Wildman–Crippen MR) is 62.2 cm³/mol. The Kier molecular flexibility index (Phi) is 6.98. The Morgan fingerprint density at radius 1 is 1.40 bits per heavy atom. The molecule has 1 fully saturated rings. The van der Waals surface area contributed by atoms with Crippen LogP contribution >= 0.6 is 0 Å². The van der Waals surface area contributed by atoms with E-state index in [9.17, 15) is 0 Å². The fourth-order valence-electron chi connectivity index (χ4n) is 1.80. The molecule has 1 N–H and O–H groups in total. The third-order valence-electron chi connectivity index (χ3n) is 2.73. The van der Waals surface area contributed by atoms with Gasteiger partial charge in [0.25, 0.3) is 0 Å². The Morgan fingerprint density at radius 3 is 2.80 bits per heavy atom. The van der Waals surface area contributed by atoms with Crippen LogP contribution in [0.1, 0.15) is 39.5 Å². The SMILES string of the molecule is CCCCNCC(C)OC1CCOCC1. The number of ether oxygens (including phenoxy) is 2. The molecule has 0 aromatic carbocycles. The molecule has 1 unspecified atom stereocenters. The molecule has 3 heteroatoms. The molecule has 0 aliphatic carbocycles. The van der Waals surface area contributed by atoms with Gasteiger partial charge in [0.1, 0.15) is 0 Å². The van der Waals surface area contributed by atoms with E-state index >= 15 is 0 Å². The summed E-state index contributed by atoms with van der Waals surface area (Å²) in [4.78, 5) is 0. The van der Waals surface area contributed by atoms with E-state index in [1.807, 2.05) is 0 Å². The van der Waals surface area contributed by atoms with Crippen LogP contribution in [0.25, 0.3) is 0 Å². The van der Waals surface area contributed by atoms with E-state index in [0.717, 1.165) is 39.1 Å². The van der Waals surface area contributed by atoms with Crippen LogP contribution in [-0.2, 0) is 9.47 Å². The summed E-state index contributed by atoms with van der Waals surface area (Å²) in [6.45, 7) is 8.16. The van der Waals surface area contributed by atoms with Crippen LogP contribution < -0.4 is 5.32 Å². The van der Waals surface area contributed by atoms with Gasteiger partial charge in [0.2, 0.25) is 0 Å². The minimum Gasteiger partial charge on any atom is -0.381 e. The summed E-state index contributed by atoms with van der Waals surface area (Å²) in [7, 11) is 0. The van der Waals surface area contributed by atoms with Gasteiger partial charge in [-0.2, -0.15) is 0 Å². The molecule has 0 aromatic heterocycles. The molecule has 15 heavy (non-hydrogen) atoms. The van der Waals surface area contributed by atoms with Gasteiger partial charge in [-0.3, -0.25) is 0 Å². The fraction of sp³-hybridized carbons (Fsp3) is 1.00. The van der Waals surface area contributed by atoms with Gasteiger partial charge < -0.3 is 14.8 Å². The maximum absolute atomic E-state index is 5.93. The molecule has 90 valence electrons. The second-order valence-corrected chi connectivity index (χ2v) is 4.32.